The summed E-state index contributed by atoms with van der Waals surface area (Å²) in [6, 6.07) is 12.1. The lowest BCUT2D eigenvalue weighted by molar-refractivity contribution is 0.0729. The fourth-order valence-electron chi connectivity index (χ4n) is 2.64. The summed E-state index contributed by atoms with van der Waals surface area (Å²) in [5.41, 5.74) is 0.996. The van der Waals surface area contributed by atoms with Gasteiger partial charge in [0.25, 0.3) is 5.91 Å². The molecule has 0 atom stereocenters. The molecule has 2 aromatic rings. The van der Waals surface area contributed by atoms with Gasteiger partial charge in [-0.2, -0.15) is 4.31 Å². The van der Waals surface area contributed by atoms with Gasteiger partial charge in [0.1, 0.15) is 5.82 Å². The van der Waals surface area contributed by atoms with Crippen molar-refractivity contribution >= 4 is 21.6 Å². The minimum atomic E-state index is -3.42. The van der Waals surface area contributed by atoms with Crippen LogP contribution in [0.15, 0.2) is 48.5 Å². The fraction of sp³-hybridized carbons (Fsp3) is 0.278. The lowest BCUT2D eigenvalue weighted by Gasteiger charge is -2.26. The van der Waals surface area contributed by atoms with E-state index in [4.69, 9.17) is 4.74 Å². The van der Waals surface area contributed by atoms with E-state index in [0.29, 0.717) is 37.4 Å². The summed E-state index contributed by atoms with van der Waals surface area (Å²) in [6.07, 6.45) is 0. The molecule has 2 aromatic carbocycles. The van der Waals surface area contributed by atoms with Crippen LogP contribution in [-0.2, 0) is 20.5 Å². The number of nitrogens with one attached hydrogen (secondary N) is 1. The number of morpholine rings is 1. The van der Waals surface area contributed by atoms with E-state index >= 15 is 0 Å². The summed E-state index contributed by atoms with van der Waals surface area (Å²) in [5, 5.41) is 2.49. The number of rotatable bonds is 5. The molecule has 0 spiro atoms. The zero-order valence-electron chi connectivity index (χ0n) is 14.0. The summed E-state index contributed by atoms with van der Waals surface area (Å²) in [6.45, 7) is 1.50. The molecule has 0 bridgehead atoms. The molecule has 3 rings (SSSR count). The molecule has 6 nitrogen and oxygen atoms in total. The predicted molar refractivity (Wildman–Crippen MR) is 95.8 cm³/mol. The van der Waals surface area contributed by atoms with Crippen molar-refractivity contribution in [3.05, 3.63) is 65.5 Å². The van der Waals surface area contributed by atoms with E-state index in [1.807, 2.05) is 0 Å². The van der Waals surface area contributed by atoms with Gasteiger partial charge in [-0.05, 0) is 29.8 Å². The normalized spacial score (nSPS) is 15.6. The van der Waals surface area contributed by atoms with Gasteiger partial charge in [-0.1, -0.05) is 24.3 Å². The van der Waals surface area contributed by atoms with Gasteiger partial charge < -0.3 is 10.1 Å². The van der Waals surface area contributed by atoms with E-state index in [1.54, 1.807) is 18.2 Å². The maximum atomic E-state index is 13.6. The SMILES string of the molecule is O=C(Nc1ccccc1F)c1ccc(CS(=O)(=O)N2CCOCC2)cc1. The Morgan fingerprint density at radius 3 is 2.38 bits per heavy atom. The molecule has 1 heterocycles. The van der Waals surface area contributed by atoms with Crippen LogP contribution in [-0.4, -0.2) is 44.9 Å². The number of benzene rings is 2. The van der Waals surface area contributed by atoms with Crippen LogP contribution < -0.4 is 5.32 Å². The van der Waals surface area contributed by atoms with Gasteiger partial charge in [0.15, 0.2) is 0 Å². The third-order valence-corrected chi connectivity index (χ3v) is 5.90. The molecule has 1 aliphatic heterocycles. The van der Waals surface area contributed by atoms with Crippen LogP contribution in [0.4, 0.5) is 10.1 Å². The number of hydrogen-bond acceptors (Lipinski definition) is 4. The van der Waals surface area contributed by atoms with Crippen molar-refractivity contribution in [1.29, 1.82) is 0 Å². The molecule has 1 amide bonds. The number of amides is 1. The Balaban J connectivity index is 1.66. The molecule has 1 N–H and O–H groups in total. The Morgan fingerprint density at radius 2 is 1.73 bits per heavy atom. The van der Waals surface area contributed by atoms with Crippen molar-refractivity contribution in [2.24, 2.45) is 0 Å². The monoisotopic (exact) mass is 378 g/mol. The second kappa shape index (κ2) is 7.94. The third-order valence-electron chi connectivity index (χ3n) is 4.05. The number of para-hydroxylation sites is 1. The van der Waals surface area contributed by atoms with Gasteiger partial charge >= 0.3 is 0 Å². The molecule has 1 saturated heterocycles. The number of carbonyl (C=O) groups excluding carboxylic acids is 1. The lowest BCUT2D eigenvalue weighted by atomic mass is 10.1. The maximum Gasteiger partial charge on any atom is 0.255 e. The average Bonchev–Trinajstić information content (AvgIpc) is 2.64. The number of sulfonamides is 1. The topological polar surface area (TPSA) is 75.7 Å². The number of carbonyl (C=O) groups is 1. The quantitative estimate of drug-likeness (QED) is 0.866. The molecular formula is C18H19FN2O4S. The second-order valence-electron chi connectivity index (χ2n) is 5.90. The first-order chi connectivity index (χ1) is 12.5. The Morgan fingerprint density at radius 1 is 1.08 bits per heavy atom. The Kier molecular flexibility index (Phi) is 5.65. The molecule has 1 fully saturated rings. The zero-order chi connectivity index (χ0) is 18.6. The molecule has 138 valence electrons. The molecule has 26 heavy (non-hydrogen) atoms. The van der Waals surface area contributed by atoms with Gasteiger partial charge in [-0.15, -0.1) is 0 Å². The molecule has 0 unspecified atom stereocenters. The predicted octanol–water partition coefficient (Wildman–Crippen LogP) is 2.24. The van der Waals surface area contributed by atoms with Crippen LogP contribution in [0, 0.1) is 5.82 Å². The van der Waals surface area contributed by atoms with Crippen molar-refractivity contribution in [2.75, 3.05) is 31.6 Å². The fourth-order valence-corrected chi connectivity index (χ4v) is 4.14. The minimum absolute atomic E-state index is 0.0940. The summed E-state index contributed by atoms with van der Waals surface area (Å²) >= 11 is 0. The van der Waals surface area contributed by atoms with Crippen molar-refractivity contribution in [3.8, 4) is 0 Å². The summed E-state index contributed by atoms with van der Waals surface area (Å²) in [7, 11) is -3.42. The molecule has 0 radical (unpaired) electrons. The van der Waals surface area contributed by atoms with E-state index in [1.165, 1.54) is 34.6 Å². The first-order valence-electron chi connectivity index (χ1n) is 8.16. The summed E-state index contributed by atoms with van der Waals surface area (Å²) in [4.78, 5) is 12.2. The highest BCUT2D eigenvalue weighted by molar-refractivity contribution is 7.88. The Labute approximate surface area is 151 Å². The van der Waals surface area contributed by atoms with Crippen LogP contribution in [0.2, 0.25) is 0 Å². The number of anilines is 1. The van der Waals surface area contributed by atoms with E-state index < -0.39 is 21.7 Å². The van der Waals surface area contributed by atoms with Crippen molar-refractivity contribution in [3.63, 3.8) is 0 Å². The second-order valence-corrected chi connectivity index (χ2v) is 7.87. The number of nitrogens with zero attached hydrogens (tertiary/aromatic N) is 1. The number of ether oxygens (including phenoxy) is 1. The largest absolute Gasteiger partial charge is 0.379 e. The van der Waals surface area contributed by atoms with E-state index in [9.17, 15) is 17.6 Å². The van der Waals surface area contributed by atoms with Crippen LogP contribution in [0.3, 0.4) is 0 Å². The van der Waals surface area contributed by atoms with Gasteiger partial charge in [0, 0.05) is 18.7 Å². The van der Waals surface area contributed by atoms with Gasteiger partial charge in [-0.25, -0.2) is 12.8 Å². The third kappa shape index (κ3) is 4.46. The molecule has 1 aliphatic rings. The molecule has 0 saturated carbocycles. The zero-order valence-corrected chi connectivity index (χ0v) is 14.8. The maximum absolute atomic E-state index is 13.6. The van der Waals surface area contributed by atoms with E-state index in [0.717, 1.165) is 0 Å². The molecule has 0 aromatic heterocycles. The van der Waals surface area contributed by atoms with Crippen molar-refractivity contribution < 1.29 is 22.3 Å². The van der Waals surface area contributed by atoms with Crippen LogP contribution in [0.25, 0.3) is 0 Å². The lowest BCUT2D eigenvalue weighted by Crippen LogP contribution is -2.41. The van der Waals surface area contributed by atoms with E-state index in [-0.39, 0.29) is 11.4 Å². The highest BCUT2D eigenvalue weighted by Crippen LogP contribution is 2.16. The molecule has 0 aliphatic carbocycles. The van der Waals surface area contributed by atoms with Crippen LogP contribution >= 0.6 is 0 Å². The van der Waals surface area contributed by atoms with Gasteiger partial charge in [0.2, 0.25) is 10.0 Å². The Bertz CT molecular complexity index is 878. The van der Waals surface area contributed by atoms with Crippen molar-refractivity contribution in [1.82, 2.24) is 4.31 Å². The number of hydrogen-bond donors (Lipinski definition) is 1. The molecule has 8 heteroatoms. The summed E-state index contributed by atoms with van der Waals surface area (Å²) in [5.74, 6) is -1.12. The minimum Gasteiger partial charge on any atom is -0.379 e. The smallest absolute Gasteiger partial charge is 0.255 e. The summed E-state index contributed by atoms with van der Waals surface area (Å²) < 4.78 is 45.0. The average molecular weight is 378 g/mol. The van der Waals surface area contributed by atoms with E-state index in [2.05, 4.69) is 5.32 Å². The first kappa shape index (κ1) is 18.5. The standard InChI is InChI=1S/C18H19FN2O4S/c19-16-3-1-2-4-17(16)20-18(22)15-7-5-14(6-8-15)13-26(23,24)21-9-11-25-12-10-21/h1-8H,9-13H2,(H,20,22). The Hall–Kier alpha value is -2.29. The van der Waals surface area contributed by atoms with Gasteiger partial charge in [-0.3, -0.25) is 4.79 Å². The van der Waals surface area contributed by atoms with Crippen LogP contribution in [0.5, 0.6) is 0 Å². The van der Waals surface area contributed by atoms with Crippen LogP contribution in [0.1, 0.15) is 15.9 Å². The molecular weight excluding hydrogens is 359 g/mol. The highest BCUT2D eigenvalue weighted by Gasteiger charge is 2.24. The van der Waals surface area contributed by atoms with Crippen molar-refractivity contribution in [2.45, 2.75) is 5.75 Å². The van der Waals surface area contributed by atoms with Gasteiger partial charge in [0.05, 0.1) is 24.7 Å². The number of halogens is 1. The highest BCUT2D eigenvalue weighted by atomic mass is 32.2. The first-order valence-corrected chi connectivity index (χ1v) is 9.77.